The van der Waals surface area contributed by atoms with Crippen LogP contribution in [0.2, 0.25) is 0 Å². The van der Waals surface area contributed by atoms with Crippen LogP contribution in [0.15, 0.2) is 5.38 Å². The van der Waals surface area contributed by atoms with Gasteiger partial charge in [-0.25, -0.2) is 4.98 Å². The fourth-order valence-corrected chi connectivity index (χ4v) is 3.41. The molecule has 1 aliphatic carbocycles. The summed E-state index contributed by atoms with van der Waals surface area (Å²) in [5, 5.41) is 7.04. The van der Waals surface area contributed by atoms with E-state index in [1.54, 1.807) is 11.3 Å². The second-order valence-corrected chi connectivity index (χ2v) is 6.50. The Kier molecular flexibility index (Phi) is 4.57. The molecule has 0 amide bonds. The molecule has 0 bridgehead atoms. The van der Waals surface area contributed by atoms with Gasteiger partial charge in [0.2, 0.25) is 0 Å². The smallest absolute Gasteiger partial charge is 0.0926 e. The summed E-state index contributed by atoms with van der Waals surface area (Å²) in [6.07, 6.45) is 8.09. The van der Waals surface area contributed by atoms with Gasteiger partial charge in [-0.3, -0.25) is 0 Å². The maximum atomic E-state index is 4.59. The Morgan fingerprint density at radius 2 is 2.12 bits per heavy atom. The van der Waals surface area contributed by atoms with Gasteiger partial charge in [0, 0.05) is 18.5 Å². The summed E-state index contributed by atoms with van der Waals surface area (Å²) in [5.74, 6) is 0. The molecule has 0 aromatic carbocycles. The molecule has 0 saturated heterocycles. The van der Waals surface area contributed by atoms with Gasteiger partial charge in [-0.1, -0.05) is 33.1 Å². The molecule has 3 heteroatoms. The van der Waals surface area contributed by atoms with Crippen molar-refractivity contribution < 1.29 is 0 Å². The predicted octanol–water partition coefficient (Wildman–Crippen LogP) is 3.77. The minimum absolute atomic E-state index is 0.530. The molecule has 1 aromatic heterocycles. The molecule has 2 rings (SSSR count). The van der Waals surface area contributed by atoms with E-state index in [1.165, 1.54) is 42.8 Å². The molecule has 1 N–H and O–H groups in total. The molecule has 1 saturated carbocycles. The van der Waals surface area contributed by atoms with Crippen molar-refractivity contribution in [2.45, 2.75) is 58.9 Å². The Bertz CT molecular complexity index is 340. The van der Waals surface area contributed by atoms with Crippen molar-refractivity contribution in [1.82, 2.24) is 10.3 Å². The van der Waals surface area contributed by atoms with E-state index >= 15 is 0 Å². The summed E-state index contributed by atoms with van der Waals surface area (Å²) in [5.41, 5.74) is 1.74. The summed E-state index contributed by atoms with van der Waals surface area (Å²) >= 11 is 1.78. The van der Waals surface area contributed by atoms with Gasteiger partial charge in [0.15, 0.2) is 0 Å². The van der Waals surface area contributed by atoms with Crippen LogP contribution in [0, 0.1) is 5.41 Å². The van der Waals surface area contributed by atoms with Crippen molar-refractivity contribution >= 4 is 11.3 Å². The van der Waals surface area contributed by atoms with Gasteiger partial charge >= 0.3 is 0 Å². The zero-order valence-electron chi connectivity index (χ0n) is 11.1. The van der Waals surface area contributed by atoms with Crippen molar-refractivity contribution in [3.8, 4) is 0 Å². The highest BCUT2D eigenvalue weighted by atomic mass is 32.1. The lowest BCUT2D eigenvalue weighted by Gasteiger charge is -2.33. The van der Waals surface area contributed by atoms with E-state index in [-0.39, 0.29) is 0 Å². The van der Waals surface area contributed by atoms with Crippen LogP contribution in [0.25, 0.3) is 0 Å². The quantitative estimate of drug-likeness (QED) is 0.863. The summed E-state index contributed by atoms with van der Waals surface area (Å²) in [7, 11) is 0. The lowest BCUT2D eigenvalue weighted by Crippen LogP contribution is -2.33. The van der Waals surface area contributed by atoms with E-state index in [4.69, 9.17) is 0 Å². The second-order valence-electron chi connectivity index (χ2n) is 5.56. The molecule has 1 aromatic rings. The number of aryl methyl sites for hydroxylation is 1. The highest BCUT2D eigenvalue weighted by Gasteiger charge is 2.25. The first kappa shape index (κ1) is 13.0. The molecule has 1 aliphatic rings. The van der Waals surface area contributed by atoms with Crippen molar-refractivity contribution in [2.75, 3.05) is 6.54 Å². The van der Waals surface area contributed by atoms with Crippen LogP contribution in [0.3, 0.4) is 0 Å². The first-order chi connectivity index (χ1) is 8.22. The highest BCUT2D eigenvalue weighted by molar-refractivity contribution is 7.09. The Morgan fingerprint density at radius 3 is 2.76 bits per heavy atom. The van der Waals surface area contributed by atoms with Crippen LogP contribution < -0.4 is 5.32 Å². The van der Waals surface area contributed by atoms with Crippen molar-refractivity contribution in [2.24, 2.45) is 5.41 Å². The van der Waals surface area contributed by atoms with E-state index in [1.807, 2.05) is 0 Å². The van der Waals surface area contributed by atoms with E-state index in [9.17, 15) is 0 Å². The normalized spacial score (nSPS) is 19.4. The molecular weight excluding hydrogens is 228 g/mol. The van der Waals surface area contributed by atoms with Gasteiger partial charge < -0.3 is 5.32 Å². The fraction of sp³-hybridized carbons (Fsp3) is 0.786. The van der Waals surface area contributed by atoms with E-state index in [0.29, 0.717) is 5.41 Å². The number of nitrogens with zero attached hydrogens (tertiary/aromatic N) is 1. The van der Waals surface area contributed by atoms with Crippen LogP contribution in [-0.4, -0.2) is 11.5 Å². The summed E-state index contributed by atoms with van der Waals surface area (Å²) in [4.78, 5) is 4.59. The van der Waals surface area contributed by atoms with Crippen molar-refractivity contribution in [3.63, 3.8) is 0 Å². The zero-order chi connectivity index (χ0) is 12.1. The van der Waals surface area contributed by atoms with Gasteiger partial charge in [-0.05, 0) is 24.7 Å². The first-order valence-corrected chi connectivity index (χ1v) is 7.74. The average molecular weight is 252 g/mol. The van der Waals surface area contributed by atoms with Gasteiger partial charge in [0.1, 0.15) is 0 Å². The number of thiazole rings is 1. The maximum absolute atomic E-state index is 4.59. The van der Waals surface area contributed by atoms with Crippen LogP contribution >= 0.6 is 11.3 Å². The Hall–Kier alpha value is -0.410. The van der Waals surface area contributed by atoms with Crippen molar-refractivity contribution in [1.29, 1.82) is 0 Å². The zero-order valence-corrected chi connectivity index (χ0v) is 11.9. The number of aromatic nitrogens is 1. The van der Waals surface area contributed by atoms with E-state index < -0.39 is 0 Å². The number of nitrogens with one attached hydrogen (secondary N) is 1. The third-order valence-corrected chi connectivity index (χ3v) is 4.86. The fourth-order valence-electron chi connectivity index (χ4n) is 2.67. The van der Waals surface area contributed by atoms with Crippen LogP contribution in [0.1, 0.15) is 56.7 Å². The number of hydrogen-bond acceptors (Lipinski definition) is 3. The summed E-state index contributed by atoms with van der Waals surface area (Å²) in [6, 6.07) is 0. The molecule has 0 unspecified atom stereocenters. The third-order valence-electron chi connectivity index (χ3n) is 3.82. The van der Waals surface area contributed by atoms with E-state index in [2.05, 4.69) is 29.5 Å². The molecule has 2 nitrogen and oxygen atoms in total. The van der Waals surface area contributed by atoms with Gasteiger partial charge in [0.25, 0.3) is 0 Å². The SMILES string of the molecule is CCc1nc(CNCC2(C)CCCCC2)cs1. The van der Waals surface area contributed by atoms with E-state index in [0.717, 1.165) is 19.5 Å². The first-order valence-electron chi connectivity index (χ1n) is 6.86. The molecule has 0 atom stereocenters. The van der Waals surface area contributed by atoms with Crippen molar-refractivity contribution in [3.05, 3.63) is 16.1 Å². The summed E-state index contributed by atoms with van der Waals surface area (Å²) < 4.78 is 0. The maximum Gasteiger partial charge on any atom is 0.0926 e. The standard InChI is InChI=1S/C14H24N2S/c1-3-13-16-12(10-17-13)9-15-11-14(2)7-5-4-6-8-14/h10,15H,3-9,11H2,1-2H3. The molecule has 0 spiro atoms. The molecule has 0 aliphatic heterocycles. The van der Waals surface area contributed by atoms with Gasteiger partial charge in [-0.2, -0.15) is 0 Å². The molecular formula is C14H24N2S. The minimum atomic E-state index is 0.530. The Labute approximate surface area is 109 Å². The summed E-state index contributed by atoms with van der Waals surface area (Å²) in [6.45, 7) is 6.68. The Morgan fingerprint density at radius 1 is 1.35 bits per heavy atom. The molecule has 1 fully saturated rings. The monoisotopic (exact) mass is 252 g/mol. The van der Waals surface area contributed by atoms with Gasteiger partial charge in [0.05, 0.1) is 10.7 Å². The lowest BCUT2D eigenvalue weighted by molar-refractivity contribution is 0.207. The Balaban J connectivity index is 1.74. The molecule has 0 radical (unpaired) electrons. The molecule has 17 heavy (non-hydrogen) atoms. The highest BCUT2D eigenvalue weighted by Crippen LogP contribution is 2.34. The topological polar surface area (TPSA) is 24.9 Å². The average Bonchev–Trinajstić information content (AvgIpc) is 2.78. The second kappa shape index (κ2) is 5.96. The van der Waals surface area contributed by atoms with Crippen LogP contribution in [0.4, 0.5) is 0 Å². The van der Waals surface area contributed by atoms with Gasteiger partial charge in [-0.15, -0.1) is 11.3 Å². The molecule has 1 heterocycles. The largest absolute Gasteiger partial charge is 0.311 e. The van der Waals surface area contributed by atoms with Crippen LogP contribution in [0.5, 0.6) is 0 Å². The lowest BCUT2D eigenvalue weighted by atomic mass is 9.76. The van der Waals surface area contributed by atoms with Crippen LogP contribution in [-0.2, 0) is 13.0 Å². The number of hydrogen-bond donors (Lipinski definition) is 1. The number of rotatable bonds is 5. The molecule has 96 valence electrons. The minimum Gasteiger partial charge on any atom is -0.311 e. The predicted molar refractivity (Wildman–Crippen MR) is 74.4 cm³/mol. The third kappa shape index (κ3) is 3.78.